The highest BCUT2D eigenvalue weighted by molar-refractivity contribution is 5.85. The lowest BCUT2D eigenvalue weighted by Gasteiger charge is -2.22. The average Bonchev–Trinajstić information content (AvgIpc) is 2.31. The van der Waals surface area contributed by atoms with Crippen molar-refractivity contribution in [3.63, 3.8) is 0 Å². The highest BCUT2D eigenvalue weighted by atomic mass is 16.4. The van der Waals surface area contributed by atoms with Crippen LogP contribution in [-0.4, -0.2) is 27.3 Å². The van der Waals surface area contributed by atoms with Crippen LogP contribution in [0.5, 0.6) is 0 Å². The first-order valence-electron chi connectivity index (χ1n) is 5.59. The molecular formula is C11H15N3O2. The minimum Gasteiger partial charge on any atom is -0.476 e. The molecule has 0 amide bonds. The maximum Gasteiger partial charge on any atom is 0.356 e. The van der Waals surface area contributed by atoms with Gasteiger partial charge in [0.05, 0.1) is 0 Å². The average molecular weight is 221 g/mol. The molecule has 0 aliphatic heterocycles. The monoisotopic (exact) mass is 221 g/mol. The molecule has 86 valence electrons. The number of hydrogen-bond donors (Lipinski definition) is 2. The van der Waals surface area contributed by atoms with Crippen molar-refractivity contribution in [3.8, 4) is 0 Å². The number of nitrogens with zero attached hydrogens (tertiary/aromatic N) is 2. The molecule has 1 heterocycles. The number of aromatic carboxylic acids is 1. The molecule has 0 unspecified atom stereocenters. The van der Waals surface area contributed by atoms with E-state index < -0.39 is 5.97 Å². The Bertz CT molecular complexity index is 358. The predicted molar refractivity (Wildman–Crippen MR) is 59.5 cm³/mol. The van der Waals surface area contributed by atoms with E-state index in [0.717, 1.165) is 12.8 Å². The molecule has 0 aromatic carbocycles. The number of carboxylic acids is 1. The van der Waals surface area contributed by atoms with Gasteiger partial charge in [0.1, 0.15) is 5.82 Å². The van der Waals surface area contributed by atoms with Crippen LogP contribution < -0.4 is 5.32 Å². The second-order valence-electron chi connectivity index (χ2n) is 4.09. The van der Waals surface area contributed by atoms with Crippen molar-refractivity contribution >= 4 is 11.8 Å². The number of rotatable bonds is 3. The number of nitrogens with one attached hydrogen (secondary N) is 1. The predicted octanol–water partition coefficient (Wildman–Crippen LogP) is 1.92. The fourth-order valence-corrected chi connectivity index (χ4v) is 1.98. The molecule has 0 spiro atoms. The Balaban J connectivity index is 1.96. The van der Waals surface area contributed by atoms with Crippen molar-refractivity contribution in [2.45, 2.75) is 38.1 Å². The zero-order valence-corrected chi connectivity index (χ0v) is 9.02. The zero-order chi connectivity index (χ0) is 11.4. The summed E-state index contributed by atoms with van der Waals surface area (Å²) in [6, 6.07) is 3.60. The van der Waals surface area contributed by atoms with Gasteiger partial charge in [0.2, 0.25) is 0 Å². The van der Waals surface area contributed by atoms with Crippen LogP contribution in [-0.2, 0) is 0 Å². The van der Waals surface area contributed by atoms with Crippen LogP contribution in [0.4, 0.5) is 5.82 Å². The largest absolute Gasteiger partial charge is 0.476 e. The lowest BCUT2D eigenvalue weighted by atomic mass is 9.95. The molecule has 5 heteroatoms. The Kier molecular flexibility index (Phi) is 3.34. The van der Waals surface area contributed by atoms with E-state index in [9.17, 15) is 4.79 Å². The van der Waals surface area contributed by atoms with Gasteiger partial charge in [-0.05, 0) is 25.0 Å². The van der Waals surface area contributed by atoms with Crippen LogP contribution in [0, 0.1) is 0 Å². The third-order valence-corrected chi connectivity index (χ3v) is 2.84. The molecule has 0 atom stereocenters. The van der Waals surface area contributed by atoms with Crippen LogP contribution in [0.3, 0.4) is 0 Å². The lowest BCUT2D eigenvalue weighted by Crippen LogP contribution is -2.23. The SMILES string of the molecule is O=C(O)c1ccc(NC2CCCCC2)nn1. The molecule has 0 radical (unpaired) electrons. The van der Waals surface area contributed by atoms with Crippen LogP contribution in [0.15, 0.2) is 12.1 Å². The molecule has 1 aliphatic rings. The van der Waals surface area contributed by atoms with Gasteiger partial charge in [-0.2, -0.15) is 0 Å². The van der Waals surface area contributed by atoms with E-state index >= 15 is 0 Å². The zero-order valence-electron chi connectivity index (χ0n) is 9.02. The van der Waals surface area contributed by atoms with Crippen molar-refractivity contribution < 1.29 is 9.90 Å². The van der Waals surface area contributed by atoms with Crippen molar-refractivity contribution in [3.05, 3.63) is 17.8 Å². The normalized spacial score (nSPS) is 17.0. The summed E-state index contributed by atoms with van der Waals surface area (Å²) < 4.78 is 0. The minimum atomic E-state index is -1.04. The summed E-state index contributed by atoms with van der Waals surface area (Å²) in [5, 5.41) is 19.4. The summed E-state index contributed by atoms with van der Waals surface area (Å²) in [6.45, 7) is 0. The van der Waals surface area contributed by atoms with Crippen LogP contribution >= 0.6 is 0 Å². The van der Waals surface area contributed by atoms with Crippen LogP contribution in [0.1, 0.15) is 42.6 Å². The van der Waals surface area contributed by atoms with Gasteiger partial charge in [0.15, 0.2) is 5.69 Å². The Morgan fingerprint density at radius 1 is 1.25 bits per heavy atom. The standard InChI is InChI=1S/C11H15N3O2/c15-11(16)9-6-7-10(14-13-9)12-8-4-2-1-3-5-8/h6-8H,1-5H2,(H,12,14)(H,15,16). The molecule has 16 heavy (non-hydrogen) atoms. The van der Waals surface area contributed by atoms with Crippen molar-refractivity contribution in [1.82, 2.24) is 10.2 Å². The molecule has 1 aromatic rings. The van der Waals surface area contributed by atoms with E-state index in [0.29, 0.717) is 11.9 Å². The Labute approximate surface area is 93.9 Å². The minimum absolute atomic E-state index is 0.0193. The van der Waals surface area contributed by atoms with Gasteiger partial charge >= 0.3 is 5.97 Å². The highest BCUT2D eigenvalue weighted by Crippen LogP contribution is 2.20. The van der Waals surface area contributed by atoms with E-state index in [1.807, 2.05) is 0 Å². The third-order valence-electron chi connectivity index (χ3n) is 2.84. The second-order valence-corrected chi connectivity index (χ2v) is 4.09. The first kappa shape index (κ1) is 10.9. The molecular weight excluding hydrogens is 206 g/mol. The Hall–Kier alpha value is -1.65. The molecule has 1 saturated carbocycles. The summed E-state index contributed by atoms with van der Waals surface area (Å²) >= 11 is 0. The van der Waals surface area contributed by atoms with Crippen molar-refractivity contribution in [1.29, 1.82) is 0 Å². The fourth-order valence-electron chi connectivity index (χ4n) is 1.98. The number of carboxylic acid groups (broad SMARTS) is 1. The van der Waals surface area contributed by atoms with Gasteiger partial charge in [-0.3, -0.25) is 0 Å². The van der Waals surface area contributed by atoms with Crippen LogP contribution in [0.25, 0.3) is 0 Å². The summed E-state index contributed by atoms with van der Waals surface area (Å²) in [5.74, 6) is -0.381. The molecule has 1 aliphatic carbocycles. The molecule has 5 nitrogen and oxygen atoms in total. The number of anilines is 1. The molecule has 2 N–H and O–H groups in total. The van der Waals surface area contributed by atoms with Gasteiger partial charge in [-0.15, -0.1) is 10.2 Å². The maximum absolute atomic E-state index is 10.6. The van der Waals surface area contributed by atoms with Crippen molar-refractivity contribution in [2.24, 2.45) is 0 Å². The van der Waals surface area contributed by atoms with Gasteiger partial charge in [0.25, 0.3) is 0 Å². The quantitative estimate of drug-likeness (QED) is 0.815. The summed E-state index contributed by atoms with van der Waals surface area (Å²) in [6.07, 6.45) is 6.11. The third kappa shape index (κ3) is 2.68. The smallest absolute Gasteiger partial charge is 0.356 e. The molecule has 2 rings (SSSR count). The topological polar surface area (TPSA) is 75.1 Å². The first-order valence-corrected chi connectivity index (χ1v) is 5.59. The Morgan fingerprint density at radius 3 is 2.56 bits per heavy atom. The lowest BCUT2D eigenvalue weighted by molar-refractivity contribution is 0.0689. The Morgan fingerprint density at radius 2 is 2.00 bits per heavy atom. The van der Waals surface area contributed by atoms with E-state index in [1.165, 1.54) is 25.3 Å². The number of hydrogen-bond acceptors (Lipinski definition) is 4. The summed E-state index contributed by atoms with van der Waals surface area (Å²) in [4.78, 5) is 10.6. The summed E-state index contributed by atoms with van der Waals surface area (Å²) in [7, 11) is 0. The van der Waals surface area contributed by atoms with Gasteiger partial charge in [-0.25, -0.2) is 4.79 Å². The van der Waals surface area contributed by atoms with E-state index in [-0.39, 0.29) is 5.69 Å². The van der Waals surface area contributed by atoms with Gasteiger partial charge in [-0.1, -0.05) is 19.3 Å². The first-order chi connectivity index (χ1) is 7.75. The number of carbonyl (C=O) groups is 1. The van der Waals surface area contributed by atoms with Crippen molar-refractivity contribution in [2.75, 3.05) is 5.32 Å². The van der Waals surface area contributed by atoms with E-state index in [1.54, 1.807) is 6.07 Å². The molecule has 1 aromatic heterocycles. The van der Waals surface area contributed by atoms with Crippen LogP contribution in [0.2, 0.25) is 0 Å². The van der Waals surface area contributed by atoms with E-state index in [4.69, 9.17) is 5.11 Å². The molecule has 1 fully saturated rings. The highest BCUT2D eigenvalue weighted by Gasteiger charge is 2.13. The molecule has 0 bridgehead atoms. The van der Waals surface area contributed by atoms with Gasteiger partial charge in [0, 0.05) is 6.04 Å². The van der Waals surface area contributed by atoms with Gasteiger partial charge < -0.3 is 10.4 Å². The van der Waals surface area contributed by atoms with E-state index in [2.05, 4.69) is 15.5 Å². The maximum atomic E-state index is 10.6. The summed E-state index contributed by atoms with van der Waals surface area (Å²) in [5.41, 5.74) is -0.0193. The number of aromatic nitrogens is 2. The fraction of sp³-hybridized carbons (Fsp3) is 0.545. The second kappa shape index (κ2) is 4.92. The molecule has 0 saturated heterocycles.